The Morgan fingerprint density at radius 3 is 2.65 bits per heavy atom. The van der Waals surface area contributed by atoms with E-state index < -0.39 is 10.8 Å². The standard InChI is InChI=1S/C15H14ClN7O3/c1-9-13(23(25)26)12(19-21(9)2)14(24)18-15-17-8-22(20-15)7-10-3-5-11(16)6-4-10/h3-6,8H,7H2,1-2H3,(H,18,20,24). The highest BCUT2D eigenvalue weighted by atomic mass is 35.5. The summed E-state index contributed by atoms with van der Waals surface area (Å²) in [5.74, 6) is -0.716. The summed E-state index contributed by atoms with van der Waals surface area (Å²) in [5.41, 5.74) is 0.601. The lowest BCUT2D eigenvalue weighted by atomic mass is 10.2. The fourth-order valence-electron chi connectivity index (χ4n) is 2.33. The van der Waals surface area contributed by atoms with Crippen molar-refractivity contribution < 1.29 is 9.72 Å². The summed E-state index contributed by atoms with van der Waals surface area (Å²) in [6, 6.07) is 7.22. The van der Waals surface area contributed by atoms with Gasteiger partial charge in [0.05, 0.1) is 11.5 Å². The first-order valence-electron chi connectivity index (χ1n) is 7.48. The number of aromatic nitrogens is 5. The lowest BCUT2D eigenvalue weighted by molar-refractivity contribution is -0.385. The number of halogens is 1. The predicted octanol–water partition coefficient (Wildman–Crippen LogP) is 2.18. The number of benzene rings is 1. The average molecular weight is 376 g/mol. The first kappa shape index (κ1) is 17.5. The highest BCUT2D eigenvalue weighted by Gasteiger charge is 2.29. The van der Waals surface area contributed by atoms with Crippen LogP contribution in [0.3, 0.4) is 0 Å². The van der Waals surface area contributed by atoms with Gasteiger partial charge in [-0.15, -0.1) is 5.10 Å². The number of nitrogens with zero attached hydrogens (tertiary/aromatic N) is 6. The minimum atomic E-state index is -0.746. The highest BCUT2D eigenvalue weighted by molar-refractivity contribution is 6.30. The highest BCUT2D eigenvalue weighted by Crippen LogP contribution is 2.22. The van der Waals surface area contributed by atoms with E-state index in [0.717, 1.165) is 5.56 Å². The molecule has 3 aromatic rings. The summed E-state index contributed by atoms with van der Waals surface area (Å²) in [5, 5.41) is 22.3. The Morgan fingerprint density at radius 1 is 1.31 bits per heavy atom. The second-order valence-corrected chi connectivity index (χ2v) is 5.95. The van der Waals surface area contributed by atoms with E-state index in [2.05, 4.69) is 20.5 Å². The van der Waals surface area contributed by atoms with Crippen molar-refractivity contribution >= 4 is 29.1 Å². The molecule has 0 aliphatic heterocycles. The van der Waals surface area contributed by atoms with Crippen molar-refractivity contribution in [2.24, 2.45) is 7.05 Å². The lowest BCUT2D eigenvalue weighted by Crippen LogP contribution is -2.16. The zero-order valence-electron chi connectivity index (χ0n) is 13.9. The van der Waals surface area contributed by atoms with Crippen LogP contribution in [0.1, 0.15) is 21.7 Å². The number of amides is 1. The van der Waals surface area contributed by atoms with E-state index in [1.807, 2.05) is 12.1 Å². The Bertz CT molecular complexity index is 978. The number of carbonyl (C=O) groups excluding carboxylic acids is 1. The van der Waals surface area contributed by atoms with E-state index in [9.17, 15) is 14.9 Å². The molecule has 0 spiro atoms. The molecule has 0 aliphatic rings. The fraction of sp³-hybridized carbons (Fsp3) is 0.200. The van der Waals surface area contributed by atoms with Crippen molar-refractivity contribution in [1.82, 2.24) is 24.5 Å². The van der Waals surface area contributed by atoms with Crippen LogP contribution < -0.4 is 5.32 Å². The van der Waals surface area contributed by atoms with Gasteiger partial charge in [0.15, 0.2) is 0 Å². The molecule has 0 radical (unpaired) electrons. The van der Waals surface area contributed by atoms with Gasteiger partial charge in [-0.25, -0.2) is 9.67 Å². The van der Waals surface area contributed by atoms with Gasteiger partial charge in [0.2, 0.25) is 11.6 Å². The average Bonchev–Trinajstić information content (AvgIpc) is 3.14. The van der Waals surface area contributed by atoms with Gasteiger partial charge in [0.25, 0.3) is 5.91 Å². The molecule has 0 aliphatic carbocycles. The van der Waals surface area contributed by atoms with Crippen LogP contribution in [0, 0.1) is 17.0 Å². The van der Waals surface area contributed by atoms with Crippen LogP contribution in [0.25, 0.3) is 0 Å². The first-order chi connectivity index (χ1) is 12.3. The number of hydrogen-bond acceptors (Lipinski definition) is 6. The maximum Gasteiger partial charge on any atom is 0.322 e. The molecule has 26 heavy (non-hydrogen) atoms. The Kier molecular flexibility index (Phi) is 4.67. The molecular formula is C15H14ClN7O3. The van der Waals surface area contributed by atoms with E-state index in [1.165, 1.54) is 29.7 Å². The molecule has 0 saturated carbocycles. The monoisotopic (exact) mass is 375 g/mol. The molecule has 0 bridgehead atoms. The third kappa shape index (κ3) is 3.54. The third-order valence-electron chi connectivity index (χ3n) is 3.72. The molecule has 0 unspecified atom stereocenters. The summed E-state index contributed by atoms with van der Waals surface area (Å²) in [4.78, 5) is 26.8. The summed E-state index contributed by atoms with van der Waals surface area (Å²) < 4.78 is 2.80. The smallest absolute Gasteiger partial charge is 0.287 e. The summed E-state index contributed by atoms with van der Waals surface area (Å²) in [7, 11) is 1.53. The summed E-state index contributed by atoms with van der Waals surface area (Å²) in [6.07, 6.45) is 1.45. The van der Waals surface area contributed by atoms with Crippen LogP contribution in [0.4, 0.5) is 11.6 Å². The quantitative estimate of drug-likeness (QED) is 0.539. The largest absolute Gasteiger partial charge is 0.322 e. The predicted molar refractivity (Wildman–Crippen MR) is 93.1 cm³/mol. The molecule has 2 heterocycles. The van der Waals surface area contributed by atoms with Gasteiger partial charge in [-0.05, 0) is 24.6 Å². The minimum absolute atomic E-state index is 0.0292. The molecule has 11 heteroatoms. The van der Waals surface area contributed by atoms with Crippen molar-refractivity contribution in [3.8, 4) is 0 Å². The Balaban J connectivity index is 1.75. The van der Waals surface area contributed by atoms with Gasteiger partial charge >= 0.3 is 5.69 Å². The van der Waals surface area contributed by atoms with Crippen LogP contribution in [-0.4, -0.2) is 35.4 Å². The van der Waals surface area contributed by atoms with Gasteiger partial charge < -0.3 is 0 Å². The molecule has 1 amide bonds. The maximum atomic E-state index is 12.3. The maximum absolute atomic E-state index is 12.3. The number of aryl methyl sites for hydroxylation is 1. The summed E-state index contributed by atoms with van der Waals surface area (Å²) in [6.45, 7) is 1.95. The van der Waals surface area contributed by atoms with Gasteiger partial charge in [-0.2, -0.15) is 5.10 Å². The number of nitro groups is 1. The topological polar surface area (TPSA) is 121 Å². The number of anilines is 1. The van der Waals surface area contributed by atoms with Crippen molar-refractivity contribution in [2.45, 2.75) is 13.5 Å². The van der Waals surface area contributed by atoms with E-state index in [0.29, 0.717) is 11.6 Å². The zero-order valence-corrected chi connectivity index (χ0v) is 14.6. The fourth-order valence-corrected chi connectivity index (χ4v) is 2.46. The molecule has 134 valence electrons. The van der Waals surface area contributed by atoms with Crippen molar-refractivity contribution in [1.29, 1.82) is 0 Å². The Labute approximate surface area is 152 Å². The second kappa shape index (κ2) is 6.92. The van der Waals surface area contributed by atoms with Crippen LogP contribution in [-0.2, 0) is 13.6 Å². The van der Waals surface area contributed by atoms with Crippen molar-refractivity contribution in [2.75, 3.05) is 5.32 Å². The number of rotatable bonds is 5. The van der Waals surface area contributed by atoms with E-state index in [4.69, 9.17) is 11.6 Å². The first-order valence-corrected chi connectivity index (χ1v) is 7.86. The van der Waals surface area contributed by atoms with Crippen LogP contribution >= 0.6 is 11.6 Å². The Hall–Kier alpha value is -3.27. The molecular weight excluding hydrogens is 362 g/mol. The van der Waals surface area contributed by atoms with E-state index in [1.54, 1.807) is 12.1 Å². The normalized spacial score (nSPS) is 10.7. The van der Waals surface area contributed by atoms with E-state index in [-0.39, 0.29) is 23.0 Å². The van der Waals surface area contributed by atoms with Crippen LogP contribution in [0.5, 0.6) is 0 Å². The van der Waals surface area contributed by atoms with Gasteiger partial charge in [-0.1, -0.05) is 23.7 Å². The van der Waals surface area contributed by atoms with Crippen molar-refractivity contribution in [3.63, 3.8) is 0 Å². The molecule has 3 rings (SSSR count). The SMILES string of the molecule is Cc1c([N+](=O)[O-])c(C(=O)Nc2ncn(Cc3ccc(Cl)cc3)n2)nn1C. The molecule has 1 aromatic carbocycles. The third-order valence-corrected chi connectivity index (χ3v) is 3.97. The van der Waals surface area contributed by atoms with Crippen LogP contribution in [0.15, 0.2) is 30.6 Å². The number of hydrogen-bond donors (Lipinski definition) is 1. The molecule has 0 atom stereocenters. The minimum Gasteiger partial charge on any atom is -0.287 e. The summed E-state index contributed by atoms with van der Waals surface area (Å²) >= 11 is 5.84. The lowest BCUT2D eigenvalue weighted by Gasteiger charge is -2.01. The van der Waals surface area contributed by atoms with Gasteiger partial charge in [-0.3, -0.25) is 24.9 Å². The molecule has 2 aromatic heterocycles. The number of nitrogens with one attached hydrogen (secondary N) is 1. The molecule has 0 saturated heterocycles. The van der Waals surface area contributed by atoms with Gasteiger partial charge in [0, 0.05) is 12.1 Å². The zero-order chi connectivity index (χ0) is 18.8. The molecule has 10 nitrogen and oxygen atoms in total. The molecule has 1 N–H and O–H groups in total. The Morgan fingerprint density at radius 2 is 2.00 bits per heavy atom. The second-order valence-electron chi connectivity index (χ2n) is 5.51. The number of carbonyl (C=O) groups is 1. The van der Waals surface area contributed by atoms with Crippen molar-refractivity contribution in [3.05, 3.63) is 62.7 Å². The van der Waals surface area contributed by atoms with Crippen LogP contribution in [0.2, 0.25) is 5.02 Å². The van der Waals surface area contributed by atoms with E-state index >= 15 is 0 Å². The van der Waals surface area contributed by atoms with Gasteiger partial charge in [0.1, 0.15) is 12.0 Å². The molecule has 0 fully saturated rings.